The van der Waals surface area contributed by atoms with Crippen LogP contribution in [0.3, 0.4) is 0 Å². The van der Waals surface area contributed by atoms with Crippen molar-refractivity contribution in [1.82, 2.24) is 15.5 Å². The van der Waals surface area contributed by atoms with Crippen LogP contribution < -0.4 is 10.6 Å². The molecule has 0 bridgehead atoms. The molecule has 2 rings (SSSR count). The van der Waals surface area contributed by atoms with Gasteiger partial charge in [-0.15, -0.1) is 0 Å². The number of terminal acetylenes is 1. The van der Waals surface area contributed by atoms with E-state index < -0.39 is 59.1 Å². The molecule has 3 atom stereocenters. The number of phenols is 1. The van der Waals surface area contributed by atoms with Crippen molar-refractivity contribution in [3.05, 3.63) is 65.7 Å². The molecule has 0 aromatic heterocycles. The third kappa shape index (κ3) is 11.0. The number of carbonyl (C=O) groups is 4. The van der Waals surface area contributed by atoms with Crippen molar-refractivity contribution in [2.75, 3.05) is 0 Å². The largest absolute Gasteiger partial charge is 0.508 e. The number of nitrogens with zero attached hydrogens (tertiary/aromatic N) is 1. The molecule has 10 heteroatoms. The second kappa shape index (κ2) is 14.6. The van der Waals surface area contributed by atoms with E-state index in [0.717, 1.165) is 10.5 Å². The first-order valence-electron chi connectivity index (χ1n) is 14.1. The van der Waals surface area contributed by atoms with Crippen LogP contribution in [-0.2, 0) is 30.3 Å². The molecule has 2 aromatic rings. The fraction of sp³-hybridized carbons (Fsp3) is 0.455. The number of nitrogens with one attached hydrogen (secondary N) is 2. The molecule has 3 N–H and O–H groups in total. The van der Waals surface area contributed by atoms with Crippen LogP contribution >= 0.6 is 0 Å². The molecule has 0 radical (unpaired) electrons. The Morgan fingerprint density at radius 3 is 2.02 bits per heavy atom. The van der Waals surface area contributed by atoms with Gasteiger partial charge in [0.15, 0.2) is 0 Å². The van der Waals surface area contributed by atoms with Crippen molar-refractivity contribution in [1.29, 1.82) is 0 Å². The van der Waals surface area contributed by atoms with E-state index in [4.69, 9.17) is 15.9 Å². The highest BCUT2D eigenvalue weighted by Crippen LogP contribution is 2.26. The summed E-state index contributed by atoms with van der Waals surface area (Å²) in [5.74, 6) is -2.84. The summed E-state index contributed by atoms with van der Waals surface area (Å²) in [6, 6.07) is 13.3. The van der Waals surface area contributed by atoms with Gasteiger partial charge in [-0.2, -0.15) is 0 Å². The van der Waals surface area contributed by atoms with Crippen molar-refractivity contribution in [3.8, 4) is 18.2 Å². The van der Waals surface area contributed by atoms with Crippen LogP contribution in [0.1, 0.15) is 72.6 Å². The van der Waals surface area contributed by atoms with E-state index in [0.29, 0.717) is 0 Å². The third-order valence-corrected chi connectivity index (χ3v) is 5.96. The van der Waals surface area contributed by atoms with Crippen LogP contribution in [0.15, 0.2) is 54.6 Å². The molecule has 0 aliphatic rings. The molecular weight excluding hydrogens is 550 g/mol. The van der Waals surface area contributed by atoms with Crippen LogP contribution in [0.5, 0.6) is 5.75 Å². The molecule has 3 unspecified atom stereocenters. The number of rotatable bonds is 10. The number of hydrogen-bond acceptors (Lipinski definition) is 7. The summed E-state index contributed by atoms with van der Waals surface area (Å²) in [6.07, 6.45) is 5.11. The number of esters is 1. The Morgan fingerprint density at radius 1 is 0.907 bits per heavy atom. The first-order chi connectivity index (χ1) is 19.9. The van der Waals surface area contributed by atoms with Crippen LogP contribution in [-0.4, -0.2) is 57.2 Å². The van der Waals surface area contributed by atoms with Gasteiger partial charge in [-0.3, -0.25) is 14.5 Å². The fourth-order valence-electron chi connectivity index (χ4n) is 4.14. The zero-order valence-electron chi connectivity index (χ0n) is 26.1. The van der Waals surface area contributed by atoms with E-state index in [2.05, 4.69) is 16.7 Å². The Bertz CT molecular complexity index is 1320. The number of carbonyl (C=O) groups excluding carboxylic acids is 4. The highest BCUT2D eigenvalue weighted by molar-refractivity contribution is 5.95. The van der Waals surface area contributed by atoms with Gasteiger partial charge in [0.05, 0.1) is 0 Å². The Kier molecular flexibility index (Phi) is 11.8. The van der Waals surface area contributed by atoms with Crippen molar-refractivity contribution >= 4 is 23.9 Å². The van der Waals surface area contributed by atoms with Gasteiger partial charge in [0.25, 0.3) is 5.91 Å². The van der Waals surface area contributed by atoms with E-state index >= 15 is 0 Å². The molecule has 0 heterocycles. The van der Waals surface area contributed by atoms with Gasteiger partial charge in [-0.05, 0) is 70.7 Å². The van der Waals surface area contributed by atoms with E-state index in [1.54, 1.807) is 67.5 Å². The summed E-state index contributed by atoms with van der Waals surface area (Å²) >= 11 is 0. The molecule has 232 valence electrons. The number of ether oxygens (including phenoxy) is 2. The molecule has 0 fully saturated rings. The molecule has 2 aromatic carbocycles. The van der Waals surface area contributed by atoms with E-state index in [1.165, 1.54) is 24.3 Å². The lowest BCUT2D eigenvalue weighted by Crippen LogP contribution is -2.55. The number of phenolic OH excluding ortho intramolecular Hbond substituents is 1. The van der Waals surface area contributed by atoms with E-state index in [9.17, 15) is 24.3 Å². The summed E-state index contributed by atoms with van der Waals surface area (Å²) in [6.45, 7) is 13.6. The Labute approximate surface area is 254 Å². The zero-order valence-corrected chi connectivity index (χ0v) is 26.1. The van der Waals surface area contributed by atoms with E-state index in [-0.39, 0.29) is 17.7 Å². The van der Waals surface area contributed by atoms with E-state index in [1.807, 2.05) is 18.2 Å². The number of amides is 3. The minimum atomic E-state index is -1.48. The van der Waals surface area contributed by atoms with Crippen molar-refractivity contribution < 1.29 is 33.8 Å². The smallest absolute Gasteiger partial charge is 0.408 e. The Morgan fingerprint density at radius 2 is 1.51 bits per heavy atom. The maximum absolute atomic E-state index is 14.0. The van der Waals surface area contributed by atoms with Gasteiger partial charge in [-0.1, -0.05) is 62.7 Å². The standard InChI is InChI=1S/C33H43N3O7/c1-10-36(29(39)26(21(2)3)35-31(41)43-33(7,8)9)27(23-17-14-18-24(37)20-23)28(38)34-25(30(40)42-32(4,5)6)19-22-15-12-11-13-16-22/h1,11-18,20-21,25-27,37H,19H2,2-9H3,(H,34,38)(H,35,41). The summed E-state index contributed by atoms with van der Waals surface area (Å²) in [5.41, 5.74) is -0.704. The van der Waals surface area contributed by atoms with Crippen LogP contribution in [0.25, 0.3) is 0 Å². The Balaban J connectivity index is 2.53. The van der Waals surface area contributed by atoms with Crippen molar-refractivity contribution in [2.45, 2.75) is 91.1 Å². The summed E-state index contributed by atoms with van der Waals surface area (Å²) in [5, 5.41) is 15.5. The molecule has 0 spiro atoms. The highest BCUT2D eigenvalue weighted by Gasteiger charge is 2.39. The second-order valence-electron chi connectivity index (χ2n) is 12.5. The van der Waals surface area contributed by atoms with Gasteiger partial charge in [0, 0.05) is 12.5 Å². The molecule has 0 saturated carbocycles. The summed E-state index contributed by atoms with van der Waals surface area (Å²) < 4.78 is 10.9. The van der Waals surface area contributed by atoms with Gasteiger partial charge in [0.1, 0.15) is 35.1 Å². The second-order valence-corrected chi connectivity index (χ2v) is 12.5. The molecule has 0 aliphatic carbocycles. The van der Waals surface area contributed by atoms with Crippen molar-refractivity contribution in [2.24, 2.45) is 5.92 Å². The van der Waals surface area contributed by atoms with Gasteiger partial charge in [-0.25, -0.2) is 9.59 Å². The molecule has 43 heavy (non-hydrogen) atoms. The lowest BCUT2D eigenvalue weighted by molar-refractivity contribution is -0.159. The number of aromatic hydroxyl groups is 1. The summed E-state index contributed by atoms with van der Waals surface area (Å²) in [4.78, 5) is 54.6. The maximum Gasteiger partial charge on any atom is 0.408 e. The first kappa shape index (κ1) is 34.7. The zero-order chi connectivity index (χ0) is 32.5. The molecular formula is C33H43N3O7. The predicted molar refractivity (Wildman–Crippen MR) is 162 cm³/mol. The average molecular weight is 594 g/mol. The Hall–Kier alpha value is -4.52. The van der Waals surface area contributed by atoms with Crippen LogP contribution in [0.4, 0.5) is 4.79 Å². The normalized spacial score (nSPS) is 13.6. The lowest BCUT2D eigenvalue weighted by Gasteiger charge is -2.32. The predicted octanol–water partition coefficient (Wildman–Crippen LogP) is 4.47. The quantitative estimate of drug-likeness (QED) is 0.210. The minimum Gasteiger partial charge on any atom is -0.508 e. The topological polar surface area (TPSA) is 134 Å². The lowest BCUT2D eigenvalue weighted by atomic mass is 9.98. The SMILES string of the molecule is C#CN(C(=O)C(NC(=O)OC(C)(C)C)C(C)C)C(C(=O)NC(Cc1ccccc1)C(=O)OC(C)(C)C)c1cccc(O)c1. The van der Waals surface area contributed by atoms with Gasteiger partial charge < -0.3 is 25.2 Å². The number of benzene rings is 2. The first-order valence-corrected chi connectivity index (χ1v) is 14.1. The van der Waals surface area contributed by atoms with Gasteiger partial charge >= 0.3 is 12.1 Å². The highest BCUT2D eigenvalue weighted by atomic mass is 16.6. The third-order valence-electron chi connectivity index (χ3n) is 5.96. The van der Waals surface area contributed by atoms with Crippen molar-refractivity contribution in [3.63, 3.8) is 0 Å². The summed E-state index contributed by atoms with van der Waals surface area (Å²) in [7, 11) is 0. The molecule has 3 amide bonds. The molecule has 0 saturated heterocycles. The van der Waals surface area contributed by atoms with Gasteiger partial charge in [0.2, 0.25) is 5.91 Å². The monoisotopic (exact) mass is 593 g/mol. The number of alkyl carbamates (subject to hydrolysis) is 1. The average Bonchev–Trinajstić information content (AvgIpc) is 2.88. The maximum atomic E-state index is 14.0. The fourth-order valence-corrected chi connectivity index (χ4v) is 4.14. The van der Waals surface area contributed by atoms with Crippen LogP contribution in [0, 0.1) is 18.4 Å². The number of hydrogen-bond donors (Lipinski definition) is 3. The van der Waals surface area contributed by atoms with Crippen LogP contribution in [0.2, 0.25) is 0 Å². The molecule has 10 nitrogen and oxygen atoms in total. The minimum absolute atomic E-state index is 0.104. The molecule has 0 aliphatic heterocycles.